The monoisotopic (exact) mass is 347 g/mol. The Kier molecular flexibility index (Phi) is 4.04. The fourth-order valence-electron chi connectivity index (χ4n) is 2.74. The summed E-state index contributed by atoms with van der Waals surface area (Å²) in [5.41, 5.74) is 4.24. The molecule has 5 heteroatoms. The number of carbonyl (C=O) groups is 1. The van der Waals surface area contributed by atoms with E-state index < -0.39 is 0 Å². The largest absolute Gasteiger partial charge is 0.348 e. The smallest absolute Gasteiger partial charge is 0.253 e. The predicted molar refractivity (Wildman–Crippen MR) is 99.7 cm³/mol. The van der Waals surface area contributed by atoms with Gasteiger partial charge in [0.1, 0.15) is 5.52 Å². The van der Waals surface area contributed by atoms with Crippen molar-refractivity contribution in [3.8, 4) is 0 Å². The zero-order chi connectivity index (χ0) is 17.2. The first-order chi connectivity index (χ1) is 12.2. The number of aromatic nitrogens is 2. The van der Waals surface area contributed by atoms with Gasteiger partial charge in [0.2, 0.25) is 0 Å². The van der Waals surface area contributed by atoms with Gasteiger partial charge in [-0.05, 0) is 35.9 Å². The molecule has 1 N–H and O–H groups in total. The highest BCUT2D eigenvalue weighted by Gasteiger charge is 2.13. The third-order valence-corrected chi connectivity index (χ3v) is 4.38. The summed E-state index contributed by atoms with van der Waals surface area (Å²) in [6.07, 6.45) is 0. The summed E-state index contributed by atoms with van der Waals surface area (Å²) < 4.78 is 0. The molecule has 25 heavy (non-hydrogen) atoms. The maximum atomic E-state index is 12.7. The summed E-state index contributed by atoms with van der Waals surface area (Å²) in [5.74, 6) is -0.199. The summed E-state index contributed by atoms with van der Waals surface area (Å²) in [5, 5.41) is 3.54. The van der Waals surface area contributed by atoms with Crippen LogP contribution in [0.4, 0.5) is 0 Å². The Balaban J connectivity index is 1.69. The number of para-hydroxylation sites is 3. The van der Waals surface area contributed by atoms with Gasteiger partial charge in [0.25, 0.3) is 5.91 Å². The first-order valence-corrected chi connectivity index (χ1v) is 8.27. The molecule has 0 saturated heterocycles. The van der Waals surface area contributed by atoms with Crippen LogP contribution >= 0.6 is 11.6 Å². The zero-order valence-electron chi connectivity index (χ0n) is 13.2. The third-order valence-electron chi connectivity index (χ3n) is 4.01. The summed E-state index contributed by atoms with van der Waals surface area (Å²) in [6.45, 7) is 0.357. The fourth-order valence-corrected chi connectivity index (χ4v) is 2.94. The van der Waals surface area contributed by atoms with E-state index >= 15 is 0 Å². The molecule has 0 fully saturated rings. The van der Waals surface area contributed by atoms with Crippen molar-refractivity contribution in [1.82, 2.24) is 15.3 Å². The van der Waals surface area contributed by atoms with Gasteiger partial charge in [0.05, 0.1) is 22.1 Å². The van der Waals surface area contributed by atoms with Crippen molar-refractivity contribution in [1.29, 1.82) is 0 Å². The summed E-state index contributed by atoms with van der Waals surface area (Å²) >= 11 is 6.14. The van der Waals surface area contributed by atoms with E-state index in [0.29, 0.717) is 28.2 Å². The van der Waals surface area contributed by atoms with Crippen molar-refractivity contribution >= 4 is 39.6 Å². The van der Waals surface area contributed by atoms with Gasteiger partial charge >= 0.3 is 0 Å². The van der Waals surface area contributed by atoms with Gasteiger partial charge in [-0.25, -0.2) is 9.97 Å². The van der Waals surface area contributed by atoms with Gasteiger partial charge in [-0.1, -0.05) is 48.0 Å². The van der Waals surface area contributed by atoms with Crippen molar-refractivity contribution in [2.75, 3.05) is 0 Å². The van der Waals surface area contributed by atoms with Crippen LogP contribution in [0.1, 0.15) is 15.9 Å². The Morgan fingerprint density at radius 2 is 1.52 bits per heavy atom. The minimum Gasteiger partial charge on any atom is -0.348 e. The highest BCUT2D eigenvalue weighted by atomic mass is 35.5. The van der Waals surface area contributed by atoms with Crippen LogP contribution < -0.4 is 5.32 Å². The van der Waals surface area contributed by atoms with E-state index in [4.69, 9.17) is 11.6 Å². The zero-order valence-corrected chi connectivity index (χ0v) is 14.0. The Morgan fingerprint density at radius 1 is 0.840 bits per heavy atom. The topological polar surface area (TPSA) is 54.9 Å². The highest BCUT2D eigenvalue weighted by Crippen LogP contribution is 2.20. The van der Waals surface area contributed by atoms with Crippen molar-refractivity contribution in [3.05, 3.63) is 82.9 Å². The Bertz CT molecular complexity index is 1090. The molecule has 0 unspecified atom stereocenters. The molecule has 4 aromatic rings. The molecular weight excluding hydrogens is 334 g/mol. The highest BCUT2D eigenvalue weighted by molar-refractivity contribution is 6.31. The number of fused-ring (bicyclic) bond motifs is 2. The van der Waals surface area contributed by atoms with E-state index in [2.05, 4.69) is 15.3 Å². The molecule has 0 radical (unpaired) electrons. The lowest BCUT2D eigenvalue weighted by atomic mass is 10.1. The van der Waals surface area contributed by atoms with E-state index in [-0.39, 0.29) is 5.91 Å². The predicted octanol–water partition coefficient (Wildman–Crippen LogP) is 4.37. The van der Waals surface area contributed by atoms with Crippen LogP contribution in [0.3, 0.4) is 0 Å². The van der Waals surface area contributed by atoms with Crippen molar-refractivity contribution < 1.29 is 4.79 Å². The normalized spacial score (nSPS) is 10.9. The molecule has 4 nitrogen and oxygen atoms in total. The minimum atomic E-state index is -0.199. The third kappa shape index (κ3) is 3.04. The molecular formula is C20H14ClN3O. The van der Waals surface area contributed by atoms with Crippen LogP contribution in [-0.4, -0.2) is 15.9 Å². The van der Waals surface area contributed by atoms with Gasteiger partial charge in [-0.3, -0.25) is 4.79 Å². The lowest BCUT2D eigenvalue weighted by Gasteiger charge is -2.09. The first kappa shape index (κ1) is 15.5. The fraction of sp³-hybridized carbons (Fsp3) is 0.0500. The lowest BCUT2D eigenvalue weighted by molar-refractivity contribution is 0.0952. The van der Waals surface area contributed by atoms with Crippen LogP contribution in [-0.2, 0) is 6.54 Å². The molecule has 0 saturated carbocycles. The second-order valence-corrected chi connectivity index (χ2v) is 6.07. The van der Waals surface area contributed by atoms with Gasteiger partial charge in [-0.15, -0.1) is 0 Å². The van der Waals surface area contributed by atoms with E-state index in [1.165, 1.54) is 0 Å². The average Bonchev–Trinajstić information content (AvgIpc) is 2.65. The number of benzene rings is 3. The molecule has 1 amide bonds. The summed E-state index contributed by atoms with van der Waals surface area (Å²) in [7, 11) is 0. The molecule has 0 spiro atoms. The van der Waals surface area contributed by atoms with E-state index in [0.717, 1.165) is 16.6 Å². The van der Waals surface area contributed by atoms with Crippen molar-refractivity contribution in [3.63, 3.8) is 0 Å². The van der Waals surface area contributed by atoms with Crippen LogP contribution in [0.25, 0.3) is 22.1 Å². The van der Waals surface area contributed by atoms with Crippen molar-refractivity contribution in [2.24, 2.45) is 0 Å². The number of nitrogens with zero attached hydrogens (tertiary/aromatic N) is 2. The first-order valence-electron chi connectivity index (χ1n) is 7.89. The van der Waals surface area contributed by atoms with Crippen LogP contribution in [0.5, 0.6) is 0 Å². The molecule has 3 aromatic carbocycles. The second-order valence-electron chi connectivity index (χ2n) is 5.66. The molecule has 4 rings (SSSR count). The number of amides is 1. The van der Waals surface area contributed by atoms with Crippen LogP contribution in [0.15, 0.2) is 66.7 Å². The molecule has 0 aliphatic heterocycles. The Labute approximate surface area is 149 Å². The van der Waals surface area contributed by atoms with Gasteiger partial charge < -0.3 is 5.32 Å². The lowest BCUT2D eigenvalue weighted by Crippen LogP contribution is -2.23. The number of halogens is 1. The SMILES string of the molecule is O=C(NCc1ccccc1Cl)c1cccc2nc3ccccc3nc12. The number of carbonyl (C=O) groups excluding carboxylic acids is 1. The Morgan fingerprint density at radius 3 is 2.32 bits per heavy atom. The Hall–Kier alpha value is -2.98. The molecule has 1 aromatic heterocycles. The number of hydrogen-bond donors (Lipinski definition) is 1. The molecule has 0 aliphatic carbocycles. The van der Waals surface area contributed by atoms with E-state index in [1.807, 2.05) is 54.6 Å². The molecule has 0 atom stereocenters. The molecule has 0 bridgehead atoms. The van der Waals surface area contributed by atoms with Crippen LogP contribution in [0.2, 0.25) is 5.02 Å². The quantitative estimate of drug-likeness (QED) is 0.560. The van der Waals surface area contributed by atoms with Gasteiger partial charge in [0.15, 0.2) is 0 Å². The molecule has 0 aliphatic rings. The maximum absolute atomic E-state index is 12.7. The molecule has 1 heterocycles. The minimum absolute atomic E-state index is 0.199. The number of hydrogen-bond acceptors (Lipinski definition) is 3. The van der Waals surface area contributed by atoms with Gasteiger partial charge in [-0.2, -0.15) is 0 Å². The average molecular weight is 348 g/mol. The van der Waals surface area contributed by atoms with Crippen LogP contribution in [0, 0.1) is 0 Å². The summed E-state index contributed by atoms with van der Waals surface area (Å²) in [6, 6.07) is 20.5. The standard InChI is InChI=1S/C20H14ClN3O/c21-15-8-2-1-6-13(15)12-22-20(25)14-7-5-11-18-19(14)24-17-10-4-3-9-16(17)23-18/h1-11H,12H2,(H,22,25). The molecule has 122 valence electrons. The maximum Gasteiger partial charge on any atom is 0.253 e. The number of rotatable bonds is 3. The second kappa shape index (κ2) is 6.49. The van der Waals surface area contributed by atoms with Gasteiger partial charge in [0, 0.05) is 11.6 Å². The van der Waals surface area contributed by atoms with Crippen molar-refractivity contribution in [2.45, 2.75) is 6.54 Å². The number of nitrogens with one attached hydrogen (secondary N) is 1. The van der Waals surface area contributed by atoms with E-state index in [9.17, 15) is 4.79 Å². The van der Waals surface area contributed by atoms with E-state index in [1.54, 1.807) is 12.1 Å². The summed E-state index contributed by atoms with van der Waals surface area (Å²) in [4.78, 5) is 21.9.